The summed E-state index contributed by atoms with van der Waals surface area (Å²) in [4.78, 5) is 14.7. The Hall–Kier alpha value is -2.38. The molecular formula is C19H20ClN5OS. The quantitative estimate of drug-likeness (QED) is 0.563. The van der Waals surface area contributed by atoms with Crippen molar-refractivity contribution in [2.24, 2.45) is 0 Å². The van der Waals surface area contributed by atoms with Crippen LogP contribution in [0, 0.1) is 0 Å². The Morgan fingerprint density at radius 3 is 2.70 bits per heavy atom. The molecule has 0 bridgehead atoms. The Balaban J connectivity index is 1.72. The topological polar surface area (TPSA) is 63.9 Å². The first-order valence-electron chi connectivity index (χ1n) is 8.62. The standard InChI is InChI=1S/C19H20ClN5OS/c1-3-24(13-15-8-5-4-6-9-15)18(26)14(2)27-19-21-22-23-25(19)17-11-7-10-16(20)12-17/h4-12,14H,3,13H2,1-2H3. The van der Waals surface area contributed by atoms with Gasteiger partial charge >= 0.3 is 0 Å². The van der Waals surface area contributed by atoms with Crippen LogP contribution in [0.5, 0.6) is 0 Å². The molecule has 3 rings (SSSR count). The number of carbonyl (C=O) groups excluding carboxylic acids is 1. The number of aromatic nitrogens is 4. The summed E-state index contributed by atoms with van der Waals surface area (Å²) in [6.45, 7) is 5.07. The molecule has 8 heteroatoms. The minimum atomic E-state index is -0.322. The van der Waals surface area contributed by atoms with E-state index in [0.717, 1.165) is 11.3 Å². The molecule has 0 saturated heterocycles. The lowest BCUT2D eigenvalue weighted by molar-refractivity contribution is -0.130. The molecule has 0 aliphatic heterocycles. The number of carbonyl (C=O) groups is 1. The van der Waals surface area contributed by atoms with Gasteiger partial charge in [-0.2, -0.15) is 4.68 Å². The number of rotatable bonds is 7. The summed E-state index contributed by atoms with van der Waals surface area (Å²) in [5.41, 5.74) is 1.86. The highest BCUT2D eigenvalue weighted by Gasteiger charge is 2.23. The van der Waals surface area contributed by atoms with Crippen molar-refractivity contribution >= 4 is 29.3 Å². The predicted octanol–water partition coefficient (Wildman–Crippen LogP) is 3.85. The number of halogens is 1. The van der Waals surface area contributed by atoms with Crippen molar-refractivity contribution < 1.29 is 4.79 Å². The summed E-state index contributed by atoms with van der Waals surface area (Å²) in [5.74, 6) is 0.0481. The fraction of sp³-hybridized carbons (Fsp3) is 0.263. The molecule has 1 atom stereocenters. The smallest absolute Gasteiger partial charge is 0.236 e. The number of nitrogens with zero attached hydrogens (tertiary/aromatic N) is 5. The summed E-state index contributed by atoms with van der Waals surface area (Å²) in [6.07, 6.45) is 0. The van der Waals surface area contributed by atoms with E-state index >= 15 is 0 Å². The van der Waals surface area contributed by atoms with Crippen molar-refractivity contribution in [3.05, 3.63) is 65.2 Å². The molecule has 1 heterocycles. The van der Waals surface area contributed by atoms with E-state index in [0.29, 0.717) is 23.3 Å². The number of amides is 1. The highest BCUT2D eigenvalue weighted by Crippen LogP contribution is 2.25. The van der Waals surface area contributed by atoms with E-state index in [1.165, 1.54) is 11.8 Å². The molecule has 0 spiro atoms. The van der Waals surface area contributed by atoms with Gasteiger partial charge in [-0.15, -0.1) is 5.10 Å². The molecule has 0 fully saturated rings. The van der Waals surface area contributed by atoms with Crippen molar-refractivity contribution in [2.45, 2.75) is 30.8 Å². The molecule has 1 amide bonds. The maximum absolute atomic E-state index is 12.9. The molecule has 27 heavy (non-hydrogen) atoms. The Kier molecular flexibility index (Phi) is 6.47. The van der Waals surface area contributed by atoms with Gasteiger partial charge in [0.1, 0.15) is 0 Å². The molecule has 0 saturated carbocycles. The van der Waals surface area contributed by atoms with Crippen LogP contribution in [0.15, 0.2) is 59.8 Å². The predicted molar refractivity (Wildman–Crippen MR) is 107 cm³/mol. The SMILES string of the molecule is CCN(Cc1ccccc1)C(=O)C(C)Sc1nnnn1-c1cccc(Cl)c1. The van der Waals surface area contributed by atoms with Gasteiger partial charge in [-0.3, -0.25) is 4.79 Å². The maximum Gasteiger partial charge on any atom is 0.236 e. The fourth-order valence-corrected chi connectivity index (χ4v) is 3.71. The van der Waals surface area contributed by atoms with Crippen LogP contribution in [-0.4, -0.2) is 42.8 Å². The van der Waals surface area contributed by atoms with E-state index in [-0.39, 0.29) is 11.2 Å². The average Bonchev–Trinajstić information content (AvgIpc) is 3.14. The van der Waals surface area contributed by atoms with Crippen molar-refractivity contribution in [1.82, 2.24) is 25.1 Å². The molecule has 0 aliphatic rings. The van der Waals surface area contributed by atoms with Gasteiger partial charge in [0.15, 0.2) is 0 Å². The second kappa shape index (κ2) is 9.01. The van der Waals surface area contributed by atoms with Crippen LogP contribution in [0.1, 0.15) is 19.4 Å². The zero-order chi connectivity index (χ0) is 19.2. The minimum Gasteiger partial charge on any atom is -0.338 e. The summed E-state index contributed by atoms with van der Waals surface area (Å²) in [5, 5.41) is 12.7. The molecule has 6 nitrogen and oxygen atoms in total. The Morgan fingerprint density at radius 1 is 1.22 bits per heavy atom. The van der Waals surface area contributed by atoms with Crippen LogP contribution in [0.3, 0.4) is 0 Å². The molecule has 0 radical (unpaired) electrons. The monoisotopic (exact) mass is 401 g/mol. The van der Waals surface area contributed by atoms with Gasteiger partial charge in [-0.1, -0.05) is 59.8 Å². The van der Waals surface area contributed by atoms with E-state index in [4.69, 9.17) is 11.6 Å². The van der Waals surface area contributed by atoms with Gasteiger partial charge in [0, 0.05) is 18.1 Å². The zero-order valence-electron chi connectivity index (χ0n) is 15.1. The molecule has 1 aromatic heterocycles. The van der Waals surface area contributed by atoms with Crippen molar-refractivity contribution in [2.75, 3.05) is 6.54 Å². The second-order valence-corrected chi connectivity index (χ2v) is 7.70. The summed E-state index contributed by atoms with van der Waals surface area (Å²) in [6, 6.07) is 17.2. The van der Waals surface area contributed by atoms with Crippen LogP contribution in [0.25, 0.3) is 5.69 Å². The summed E-state index contributed by atoms with van der Waals surface area (Å²) >= 11 is 7.39. The first-order valence-corrected chi connectivity index (χ1v) is 9.88. The molecule has 1 unspecified atom stereocenters. The molecule has 0 aliphatic carbocycles. The highest BCUT2D eigenvalue weighted by molar-refractivity contribution is 8.00. The molecule has 0 N–H and O–H groups in total. The van der Waals surface area contributed by atoms with Crippen molar-refractivity contribution in [3.8, 4) is 5.69 Å². The van der Waals surface area contributed by atoms with Gasteiger partial charge < -0.3 is 4.90 Å². The second-order valence-electron chi connectivity index (χ2n) is 5.95. The number of hydrogen-bond donors (Lipinski definition) is 0. The normalized spacial score (nSPS) is 12.0. The lowest BCUT2D eigenvalue weighted by Gasteiger charge is -2.24. The lowest BCUT2D eigenvalue weighted by Crippen LogP contribution is -2.36. The lowest BCUT2D eigenvalue weighted by atomic mass is 10.2. The third-order valence-corrected chi connectivity index (χ3v) is 5.29. The number of hydrogen-bond acceptors (Lipinski definition) is 5. The maximum atomic E-state index is 12.9. The largest absolute Gasteiger partial charge is 0.338 e. The minimum absolute atomic E-state index is 0.0481. The van der Waals surface area contributed by atoms with Gasteiger partial charge in [0.2, 0.25) is 11.1 Å². The van der Waals surface area contributed by atoms with E-state index in [1.807, 2.05) is 61.2 Å². The van der Waals surface area contributed by atoms with E-state index in [1.54, 1.807) is 16.8 Å². The Morgan fingerprint density at radius 2 is 2.00 bits per heavy atom. The van der Waals surface area contributed by atoms with Crippen LogP contribution < -0.4 is 0 Å². The molecule has 140 valence electrons. The van der Waals surface area contributed by atoms with Gasteiger partial charge in [-0.05, 0) is 48.0 Å². The zero-order valence-corrected chi connectivity index (χ0v) is 16.7. The van der Waals surface area contributed by atoms with E-state index in [9.17, 15) is 4.79 Å². The molecule has 2 aromatic carbocycles. The first-order chi connectivity index (χ1) is 13.1. The molecular weight excluding hydrogens is 382 g/mol. The van der Waals surface area contributed by atoms with E-state index < -0.39 is 0 Å². The van der Waals surface area contributed by atoms with Gasteiger partial charge in [-0.25, -0.2) is 0 Å². The van der Waals surface area contributed by atoms with Crippen LogP contribution in [-0.2, 0) is 11.3 Å². The molecule has 3 aromatic rings. The third kappa shape index (κ3) is 4.87. The van der Waals surface area contributed by atoms with Crippen LogP contribution in [0.2, 0.25) is 5.02 Å². The average molecular weight is 402 g/mol. The third-order valence-electron chi connectivity index (χ3n) is 4.03. The van der Waals surface area contributed by atoms with Crippen LogP contribution >= 0.6 is 23.4 Å². The first kappa shape index (κ1) is 19.4. The number of benzene rings is 2. The number of tetrazole rings is 1. The Labute approximate surface area is 167 Å². The van der Waals surface area contributed by atoms with Gasteiger partial charge in [0.25, 0.3) is 0 Å². The van der Waals surface area contributed by atoms with Crippen molar-refractivity contribution in [3.63, 3.8) is 0 Å². The fourth-order valence-electron chi connectivity index (χ4n) is 2.64. The van der Waals surface area contributed by atoms with E-state index in [2.05, 4.69) is 15.5 Å². The summed E-state index contributed by atoms with van der Waals surface area (Å²) < 4.78 is 1.59. The Bertz CT molecular complexity index is 902. The van der Waals surface area contributed by atoms with Crippen molar-refractivity contribution in [1.29, 1.82) is 0 Å². The highest BCUT2D eigenvalue weighted by atomic mass is 35.5. The van der Waals surface area contributed by atoms with Crippen LogP contribution in [0.4, 0.5) is 0 Å². The van der Waals surface area contributed by atoms with Gasteiger partial charge in [0.05, 0.1) is 10.9 Å². The number of thioether (sulfide) groups is 1. The summed E-state index contributed by atoms with van der Waals surface area (Å²) in [7, 11) is 0.